The van der Waals surface area contributed by atoms with Gasteiger partial charge in [0.2, 0.25) is 11.0 Å². The summed E-state index contributed by atoms with van der Waals surface area (Å²) >= 11 is 0. The van der Waals surface area contributed by atoms with Crippen LogP contribution in [0.1, 0.15) is 59.5 Å². The molecule has 2 N–H and O–H groups in total. The molecule has 216 valence electrons. The quantitative estimate of drug-likeness (QED) is 0.364. The lowest BCUT2D eigenvalue weighted by atomic mass is 9.88. The van der Waals surface area contributed by atoms with Crippen molar-refractivity contribution < 1.29 is 27.9 Å². The Morgan fingerprint density at radius 1 is 1.17 bits per heavy atom. The third-order valence-corrected chi connectivity index (χ3v) is 9.57. The number of fused-ring (bicyclic) bond motifs is 2. The molecular formula is C30H27F3N5O4+. The highest BCUT2D eigenvalue weighted by atomic mass is 19.1. The number of pyridine rings is 1. The van der Waals surface area contributed by atoms with Crippen molar-refractivity contribution in [2.24, 2.45) is 5.10 Å². The van der Waals surface area contributed by atoms with E-state index in [1.807, 2.05) is 44.2 Å². The van der Waals surface area contributed by atoms with E-state index < -0.39 is 69.3 Å². The van der Waals surface area contributed by atoms with Crippen LogP contribution in [0.3, 0.4) is 0 Å². The van der Waals surface area contributed by atoms with Crippen LogP contribution in [-0.4, -0.2) is 50.2 Å². The molecule has 2 bridgehead atoms. The molecule has 42 heavy (non-hydrogen) atoms. The van der Waals surface area contributed by atoms with Crippen LogP contribution in [0.2, 0.25) is 0 Å². The zero-order valence-electron chi connectivity index (χ0n) is 22.8. The maximum atomic E-state index is 14.2. The first-order valence-corrected chi connectivity index (χ1v) is 13.7. The Balaban J connectivity index is 1.40. The van der Waals surface area contributed by atoms with Crippen LogP contribution < -0.4 is 15.3 Å². The van der Waals surface area contributed by atoms with Crippen LogP contribution in [-0.2, 0) is 12.2 Å². The molecule has 1 aromatic heterocycles. The normalized spacial score (nSPS) is 28.8. The minimum atomic E-state index is -1.20. The topological polar surface area (TPSA) is 104 Å². The molecule has 4 atom stereocenters. The van der Waals surface area contributed by atoms with Crippen molar-refractivity contribution in [2.45, 2.75) is 56.9 Å². The molecule has 7 rings (SSSR count). The Bertz CT molecular complexity index is 1790. The highest BCUT2D eigenvalue weighted by Crippen LogP contribution is 2.74. The zero-order chi connectivity index (χ0) is 29.8. The van der Waals surface area contributed by atoms with Crippen molar-refractivity contribution in [1.82, 2.24) is 19.4 Å². The summed E-state index contributed by atoms with van der Waals surface area (Å²) in [7, 11) is 0. The number of para-hydroxylation sites is 1. The summed E-state index contributed by atoms with van der Waals surface area (Å²) in [4.78, 5) is 42.1. The third-order valence-electron chi connectivity index (χ3n) is 9.57. The number of halogens is 3. The van der Waals surface area contributed by atoms with Crippen LogP contribution in [0.4, 0.5) is 18.9 Å². The molecule has 5 heterocycles. The first-order valence-electron chi connectivity index (χ1n) is 13.7. The number of nitrogens with zero attached hydrogens (tertiary/aromatic N) is 4. The van der Waals surface area contributed by atoms with Gasteiger partial charge < -0.3 is 15.3 Å². The summed E-state index contributed by atoms with van der Waals surface area (Å²) in [5.41, 5.74) is -2.11. The van der Waals surface area contributed by atoms with E-state index >= 15 is 0 Å². The second-order valence-corrected chi connectivity index (χ2v) is 11.6. The minimum absolute atomic E-state index is 0.117. The van der Waals surface area contributed by atoms with Crippen LogP contribution in [0.25, 0.3) is 0 Å². The van der Waals surface area contributed by atoms with Gasteiger partial charge >= 0.3 is 0 Å². The number of quaternary nitrogens is 1. The number of rotatable bonds is 4. The van der Waals surface area contributed by atoms with Gasteiger partial charge in [-0.15, -0.1) is 4.59 Å². The first kappa shape index (κ1) is 26.4. The van der Waals surface area contributed by atoms with Gasteiger partial charge in [0.1, 0.15) is 29.6 Å². The van der Waals surface area contributed by atoms with Crippen LogP contribution >= 0.6 is 0 Å². The molecule has 4 aliphatic rings. The van der Waals surface area contributed by atoms with Gasteiger partial charge in [-0.2, -0.15) is 0 Å². The van der Waals surface area contributed by atoms with E-state index in [9.17, 15) is 32.7 Å². The summed E-state index contributed by atoms with van der Waals surface area (Å²) in [6.07, 6.45) is 3.23. The van der Waals surface area contributed by atoms with E-state index in [2.05, 4.69) is 5.32 Å². The van der Waals surface area contributed by atoms with Gasteiger partial charge in [-0.3, -0.25) is 19.0 Å². The van der Waals surface area contributed by atoms with Gasteiger partial charge in [-0.25, -0.2) is 13.2 Å². The molecular weight excluding hydrogens is 551 g/mol. The van der Waals surface area contributed by atoms with Gasteiger partial charge in [0.05, 0.1) is 12.1 Å². The largest absolute Gasteiger partial charge is 0.503 e. The summed E-state index contributed by atoms with van der Waals surface area (Å²) < 4.78 is 43.4. The van der Waals surface area contributed by atoms with E-state index in [1.165, 1.54) is 6.20 Å². The number of aromatic hydroxyl groups is 1. The lowest BCUT2D eigenvalue weighted by Gasteiger charge is -2.38. The van der Waals surface area contributed by atoms with E-state index in [0.717, 1.165) is 11.4 Å². The van der Waals surface area contributed by atoms with Crippen LogP contribution in [0, 0.1) is 17.5 Å². The number of aromatic nitrogens is 1. The van der Waals surface area contributed by atoms with Gasteiger partial charge in [0.25, 0.3) is 17.5 Å². The van der Waals surface area contributed by atoms with Gasteiger partial charge in [-0.1, -0.05) is 23.3 Å². The van der Waals surface area contributed by atoms with Crippen molar-refractivity contribution in [1.29, 1.82) is 0 Å². The average Bonchev–Trinajstić information content (AvgIpc) is 3.28. The molecule has 2 fully saturated rings. The Kier molecular flexibility index (Phi) is 5.38. The van der Waals surface area contributed by atoms with Crippen molar-refractivity contribution in [3.8, 4) is 5.75 Å². The summed E-state index contributed by atoms with van der Waals surface area (Å²) in [5, 5.41) is 18.7. The van der Waals surface area contributed by atoms with Gasteiger partial charge in [0, 0.05) is 55.0 Å². The summed E-state index contributed by atoms with van der Waals surface area (Å²) in [6, 6.07) is 10.4. The van der Waals surface area contributed by atoms with Gasteiger partial charge in [0.15, 0.2) is 17.1 Å². The molecule has 0 radical (unpaired) electrons. The van der Waals surface area contributed by atoms with Crippen molar-refractivity contribution in [3.05, 3.63) is 93.2 Å². The fourth-order valence-corrected chi connectivity index (χ4v) is 7.78. The number of benzene rings is 2. The molecule has 2 spiro atoms. The van der Waals surface area contributed by atoms with Crippen LogP contribution in [0.5, 0.6) is 5.75 Å². The highest BCUT2D eigenvalue weighted by Gasteiger charge is 2.98. The molecule has 4 aliphatic heterocycles. The lowest BCUT2D eigenvalue weighted by Crippen LogP contribution is -2.56. The lowest BCUT2D eigenvalue weighted by molar-refractivity contribution is 0.0513. The first-order chi connectivity index (χ1) is 20.0. The maximum Gasteiger partial charge on any atom is 0.285 e. The number of amides is 2. The van der Waals surface area contributed by atoms with Gasteiger partial charge in [-0.05, 0) is 20.3 Å². The molecule has 9 nitrogen and oxygen atoms in total. The Morgan fingerprint density at radius 3 is 2.55 bits per heavy atom. The second-order valence-electron chi connectivity index (χ2n) is 11.6. The predicted octanol–water partition coefficient (Wildman–Crippen LogP) is 3.73. The average molecular weight is 579 g/mol. The zero-order valence-corrected chi connectivity index (χ0v) is 22.8. The molecule has 2 aromatic carbocycles. The third kappa shape index (κ3) is 3.02. The van der Waals surface area contributed by atoms with E-state index in [1.54, 1.807) is 9.47 Å². The van der Waals surface area contributed by atoms with Crippen LogP contribution in [0.15, 0.2) is 58.6 Å². The second kappa shape index (κ2) is 8.54. The predicted molar refractivity (Wildman–Crippen MR) is 146 cm³/mol. The van der Waals surface area contributed by atoms with Crippen molar-refractivity contribution in [2.75, 3.05) is 6.54 Å². The smallest absolute Gasteiger partial charge is 0.285 e. The summed E-state index contributed by atoms with van der Waals surface area (Å²) in [5.74, 6) is -5.92. The number of hydrogen-bond donors (Lipinski definition) is 2. The SMILES string of the molecule is CC1=N[N+]2(c3ccccc3)C3(CCC(C)N4CC32n2cc(C(=O)NCc3c(F)cc(F)cc3F)c(=O)c(O)c2C4=O)C1. The molecule has 0 saturated carbocycles. The Hall–Kier alpha value is -4.45. The Labute approximate surface area is 238 Å². The monoisotopic (exact) mass is 578 g/mol. The maximum absolute atomic E-state index is 14.2. The van der Waals surface area contributed by atoms with E-state index in [4.69, 9.17) is 5.10 Å². The number of carbonyl (C=O) groups is 2. The Morgan fingerprint density at radius 2 is 1.86 bits per heavy atom. The number of hydrogen-bond acceptors (Lipinski definition) is 5. The molecule has 4 unspecified atom stereocenters. The summed E-state index contributed by atoms with van der Waals surface area (Å²) in [6.45, 7) is 3.45. The van der Waals surface area contributed by atoms with Crippen molar-refractivity contribution >= 4 is 23.2 Å². The molecule has 3 aromatic rings. The molecule has 0 aliphatic carbocycles. The fourth-order valence-electron chi connectivity index (χ4n) is 7.78. The van der Waals surface area contributed by atoms with E-state index in [0.29, 0.717) is 31.4 Å². The number of nitrogens with one attached hydrogen (secondary N) is 1. The van der Waals surface area contributed by atoms with E-state index in [-0.39, 0.29) is 22.9 Å². The standard InChI is InChI=1S/C30H26F3N5O4/c1-16-12-29-9-8-17(2)36-15-30(29,38(29,35-16)19-6-4-3-5-7-19)37-14-21(25(39)26(40)24(37)28(36)42)27(41)34-13-20-22(32)10-18(31)11-23(20)33/h3-7,10-11,14,17H,8-9,12-13,15H2,1-2H3,(H-,34,40,41,42)/p+1. The molecule has 2 amide bonds. The van der Waals surface area contributed by atoms with Crippen molar-refractivity contribution in [3.63, 3.8) is 0 Å². The highest BCUT2D eigenvalue weighted by molar-refractivity contribution is 6.01. The number of carbonyl (C=O) groups excluding carboxylic acids is 2. The minimum Gasteiger partial charge on any atom is -0.503 e. The fraction of sp³-hybridized carbons (Fsp3) is 0.333. The molecule has 2 saturated heterocycles. The molecule has 12 heteroatoms.